The number of carbonyl (C=O) groups is 1. The van der Waals surface area contributed by atoms with Crippen LogP contribution in [0.1, 0.15) is 27.6 Å². The minimum absolute atomic E-state index is 0.0417. The SMILES string of the molecule is Cc1cn2c(n1)CC[C@H](NC(=O)c1cnc(-c3ccccc3)s1)C2. The number of nitrogens with zero attached hydrogens (tertiary/aromatic N) is 3. The van der Waals surface area contributed by atoms with E-state index in [-0.39, 0.29) is 11.9 Å². The van der Waals surface area contributed by atoms with Crippen LogP contribution in [0.3, 0.4) is 0 Å². The van der Waals surface area contributed by atoms with E-state index in [1.807, 2.05) is 43.5 Å². The molecule has 0 spiro atoms. The van der Waals surface area contributed by atoms with Gasteiger partial charge in [0, 0.05) is 30.8 Å². The fraction of sp³-hybridized carbons (Fsp3) is 0.278. The van der Waals surface area contributed by atoms with Gasteiger partial charge in [-0.2, -0.15) is 0 Å². The van der Waals surface area contributed by atoms with Crippen molar-refractivity contribution in [2.75, 3.05) is 0 Å². The van der Waals surface area contributed by atoms with E-state index in [2.05, 4.69) is 19.9 Å². The van der Waals surface area contributed by atoms with Gasteiger partial charge in [0.05, 0.1) is 11.9 Å². The predicted molar refractivity (Wildman–Crippen MR) is 94.1 cm³/mol. The van der Waals surface area contributed by atoms with Crippen molar-refractivity contribution in [3.8, 4) is 10.6 Å². The highest BCUT2D eigenvalue weighted by atomic mass is 32.1. The molecule has 0 unspecified atom stereocenters. The molecule has 1 atom stereocenters. The number of aryl methyl sites for hydroxylation is 2. The van der Waals surface area contributed by atoms with E-state index in [4.69, 9.17) is 0 Å². The van der Waals surface area contributed by atoms with Crippen molar-refractivity contribution in [2.24, 2.45) is 0 Å². The summed E-state index contributed by atoms with van der Waals surface area (Å²) in [5.41, 5.74) is 2.07. The molecule has 3 heterocycles. The van der Waals surface area contributed by atoms with Crippen molar-refractivity contribution in [1.82, 2.24) is 19.9 Å². The average molecular weight is 338 g/mol. The highest BCUT2D eigenvalue weighted by molar-refractivity contribution is 7.16. The van der Waals surface area contributed by atoms with Crippen LogP contribution in [0.5, 0.6) is 0 Å². The summed E-state index contributed by atoms with van der Waals surface area (Å²) in [4.78, 5) is 22.0. The molecular weight excluding hydrogens is 320 g/mol. The Morgan fingerprint density at radius 3 is 3.00 bits per heavy atom. The molecule has 122 valence electrons. The van der Waals surface area contributed by atoms with Gasteiger partial charge in [0.15, 0.2) is 0 Å². The molecule has 5 nitrogen and oxygen atoms in total. The van der Waals surface area contributed by atoms with Gasteiger partial charge in [0.2, 0.25) is 0 Å². The Labute approximate surface area is 144 Å². The number of thiazole rings is 1. The first-order valence-corrected chi connectivity index (χ1v) is 8.85. The summed E-state index contributed by atoms with van der Waals surface area (Å²) in [5, 5.41) is 4.01. The third-order valence-electron chi connectivity index (χ3n) is 4.20. The molecule has 0 aliphatic carbocycles. The number of fused-ring (bicyclic) bond motifs is 1. The molecule has 1 aliphatic rings. The van der Waals surface area contributed by atoms with Crippen molar-refractivity contribution in [1.29, 1.82) is 0 Å². The third-order valence-corrected chi connectivity index (χ3v) is 5.24. The Morgan fingerprint density at radius 1 is 1.33 bits per heavy atom. The van der Waals surface area contributed by atoms with Crippen LogP contribution in [0.4, 0.5) is 0 Å². The average Bonchev–Trinajstić information content (AvgIpc) is 3.21. The van der Waals surface area contributed by atoms with Crippen LogP contribution in [0, 0.1) is 6.92 Å². The topological polar surface area (TPSA) is 59.8 Å². The molecule has 0 radical (unpaired) electrons. The molecule has 1 amide bonds. The van der Waals surface area contributed by atoms with Crippen LogP contribution >= 0.6 is 11.3 Å². The van der Waals surface area contributed by atoms with Crippen LogP contribution in [-0.4, -0.2) is 26.5 Å². The molecule has 1 aliphatic heterocycles. The van der Waals surface area contributed by atoms with Gasteiger partial charge < -0.3 is 9.88 Å². The van der Waals surface area contributed by atoms with Crippen LogP contribution in [0.15, 0.2) is 42.7 Å². The molecule has 2 aromatic heterocycles. The monoisotopic (exact) mass is 338 g/mol. The van der Waals surface area contributed by atoms with Gasteiger partial charge in [-0.25, -0.2) is 9.97 Å². The minimum atomic E-state index is -0.0417. The fourth-order valence-corrected chi connectivity index (χ4v) is 3.88. The molecule has 24 heavy (non-hydrogen) atoms. The summed E-state index contributed by atoms with van der Waals surface area (Å²) < 4.78 is 2.14. The van der Waals surface area contributed by atoms with Crippen molar-refractivity contribution in [2.45, 2.75) is 32.4 Å². The molecular formula is C18H18N4OS. The van der Waals surface area contributed by atoms with E-state index in [9.17, 15) is 4.79 Å². The number of nitrogens with one attached hydrogen (secondary N) is 1. The fourth-order valence-electron chi connectivity index (χ4n) is 3.05. The zero-order chi connectivity index (χ0) is 16.5. The van der Waals surface area contributed by atoms with Gasteiger partial charge in [0.1, 0.15) is 15.7 Å². The minimum Gasteiger partial charge on any atom is -0.347 e. The van der Waals surface area contributed by atoms with E-state index in [1.54, 1.807) is 6.20 Å². The Morgan fingerprint density at radius 2 is 2.17 bits per heavy atom. The number of rotatable bonds is 3. The van der Waals surface area contributed by atoms with E-state index in [0.717, 1.165) is 41.5 Å². The number of imidazole rings is 1. The zero-order valence-electron chi connectivity index (χ0n) is 13.4. The molecule has 1 aromatic carbocycles. The van der Waals surface area contributed by atoms with Gasteiger partial charge in [-0.05, 0) is 13.3 Å². The summed E-state index contributed by atoms with van der Waals surface area (Å²) >= 11 is 1.43. The van der Waals surface area contributed by atoms with Gasteiger partial charge in [0.25, 0.3) is 5.91 Å². The number of aromatic nitrogens is 3. The van der Waals surface area contributed by atoms with E-state index >= 15 is 0 Å². The van der Waals surface area contributed by atoms with Gasteiger partial charge in [-0.3, -0.25) is 4.79 Å². The molecule has 0 bridgehead atoms. The second kappa shape index (κ2) is 6.20. The summed E-state index contributed by atoms with van der Waals surface area (Å²) in [5.74, 6) is 1.07. The second-order valence-corrected chi connectivity index (χ2v) is 7.09. The van der Waals surface area contributed by atoms with Crippen LogP contribution in [0.25, 0.3) is 10.6 Å². The quantitative estimate of drug-likeness (QED) is 0.798. The first kappa shape index (κ1) is 15.1. The van der Waals surface area contributed by atoms with E-state index in [1.165, 1.54) is 11.3 Å². The lowest BCUT2D eigenvalue weighted by Crippen LogP contribution is -2.40. The maximum atomic E-state index is 12.5. The van der Waals surface area contributed by atoms with Crippen LogP contribution < -0.4 is 5.32 Å². The lowest BCUT2D eigenvalue weighted by molar-refractivity contribution is 0.0931. The number of hydrogen-bond donors (Lipinski definition) is 1. The summed E-state index contributed by atoms with van der Waals surface area (Å²) in [7, 11) is 0. The number of hydrogen-bond acceptors (Lipinski definition) is 4. The summed E-state index contributed by atoms with van der Waals surface area (Å²) in [6, 6.07) is 10.1. The first-order valence-electron chi connectivity index (χ1n) is 8.04. The van der Waals surface area contributed by atoms with Crippen LogP contribution in [-0.2, 0) is 13.0 Å². The zero-order valence-corrected chi connectivity index (χ0v) is 14.2. The molecule has 6 heteroatoms. The normalized spacial score (nSPS) is 16.6. The second-order valence-electron chi connectivity index (χ2n) is 6.06. The molecule has 0 saturated heterocycles. The lowest BCUT2D eigenvalue weighted by atomic mass is 10.1. The van der Waals surface area contributed by atoms with Gasteiger partial charge in [-0.1, -0.05) is 30.3 Å². The number of carbonyl (C=O) groups excluding carboxylic acids is 1. The molecule has 0 saturated carbocycles. The Bertz CT molecular complexity index is 868. The Kier molecular flexibility index (Phi) is 3.90. The van der Waals surface area contributed by atoms with Crippen molar-refractivity contribution in [3.05, 3.63) is 59.1 Å². The third kappa shape index (κ3) is 2.97. The summed E-state index contributed by atoms with van der Waals surface area (Å²) in [6.07, 6.45) is 5.54. The Balaban J connectivity index is 1.45. The highest BCUT2D eigenvalue weighted by Crippen LogP contribution is 2.25. The molecule has 1 N–H and O–H groups in total. The maximum absolute atomic E-state index is 12.5. The standard InChI is InChI=1S/C18H18N4OS/c1-12-10-22-11-14(7-8-16(22)20-12)21-17(23)15-9-19-18(24-15)13-5-3-2-4-6-13/h2-6,9-10,14H,7-8,11H2,1H3,(H,21,23)/t14-/m0/s1. The van der Waals surface area contributed by atoms with Crippen molar-refractivity contribution >= 4 is 17.2 Å². The highest BCUT2D eigenvalue weighted by Gasteiger charge is 2.22. The number of amides is 1. The van der Waals surface area contributed by atoms with Gasteiger partial charge >= 0.3 is 0 Å². The molecule has 3 aromatic rings. The number of benzene rings is 1. The Hall–Kier alpha value is -2.47. The molecule has 0 fully saturated rings. The first-order chi connectivity index (χ1) is 11.7. The van der Waals surface area contributed by atoms with Crippen molar-refractivity contribution in [3.63, 3.8) is 0 Å². The van der Waals surface area contributed by atoms with Gasteiger partial charge in [-0.15, -0.1) is 11.3 Å². The smallest absolute Gasteiger partial charge is 0.263 e. The maximum Gasteiger partial charge on any atom is 0.263 e. The van der Waals surface area contributed by atoms with E-state index < -0.39 is 0 Å². The van der Waals surface area contributed by atoms with Crippen LogP contribution in [0.2, 0.25) is 0 Å². The van der Waals surface area contributed by atoms with E-state index in [0.29, 0.717) is 4.88 Å². The lowest BCUT2D eigenvalue weighted by Gasteiger charge is -2.24. The summed E-state index contributed by atoms with van der Waals surface area (Å²) in [6.45, 7) is 2.79. The predicted octanol–water partition coefficient (Wildman–Crippen LogP) is 3.06. The molecule has 4 rings (SSSR count). The van der Waals surface area contributed by atoms with Crippen molar-refractivity contribution < 1.29 is 4.79 Å². The largest absolute Gasteiger partial charge is 0.347 e.